The zero-order valence-electron chi connectivity index (χ0n) is 14.8. The summed E-state index contributed by atoms with van der Waals surface area (Å²) in [7, 11) is 0. The normalized spacial score (nSPS) is 20.8. The van der Waals surface area contributed by atoms with Crippen LogP contribution in [0.25, 0.3) is 0 Å². The second kappa shape index (κ2) is 8.05. The second-order valence-corrected chi connectivity index (χ2v) is 8.63. The lowest BCUT2D eigenvalue weighted by molar-refractivity contribution is -0.138. The van der Waals surface area contributed by atoms with E-state index in [4.69, 9.17) is 4.74 Å². The van der Waals surface area contributed by atoms with Crippen molar-refractivity contribution in [1.29, 1.82) is 0 Å². The van der Waals surface area contributed by atoms with Crippen LogP contribution in [0, 0.1) is 6.92 Å². The molecule has 2 saturated heterocycles. The maximum atomic E-state index is 12.5. The predicted molar refractivity (Wildman–Crippen MR) is 99.8 cm³/mol. The fourth-order valence-corrected chi connectivity index (χ4v) is 4.53. The van der Waals surface area contributed by atoms with Gasteiger partial charge in [0, 0.05) is 18.5 Å². The van der Waals surface area contributed by atoms with E-state index in [1.54, 1.807) is 23.1 Å². The summed E-state index contributed by atoms with van der Waals surface area (Å²) in [5.74, 6) is 0.854. The van der Waals surface area contributed by atoms with Crippen molar-refractivity contribution in [3.8, 4) is 0 Å². The minimum absolute atomic E-state index is 0.128. The molecule has 0 saturated carbocycles. The highest BCUT2D eigenvalue weighted by Crippen LogP contribution is 2.31. The third-order valence-electron chi connectivity index (χ3n) is 4.87. The molecule has 0 atom stereocenters. The van der Waals surface area contributed by atoms with Gasteiger partial charge in [0.2, 0.25) is 11.8 Å². The Hall–Kier alpha value is -1.12. The molecule has 3 rings (SSSR count). The number of nitrogens with zero attached hydrogens (tertiary/aromatic N) is 3. The number of carbonyl (C=O) groups is 2. The fraction of sp³-hybridized carbons (Fsp3) is 0.706. The van der Waals surface area contributed by atoms with Crippen molar-refractivity contribution in [2.24, 2.45) is 0 Å². The molecule has 1 spiro atoms. The van der Waals surface area contributed by atoms with Crippen molar-refractivity contribution >= 4 is 34.9 Å². The predicted octanol–water partition coefficient (Wildman–Crippen LogP) is 1.92. The highest BCUT2D eigenvalue weighted by Gasteiger charge is 2.41. The Morgan fingerprint density at radius 1 is 1.44 bits per heavy atom. The molecule has 2 aliphatic rings. The smallest absolute Gasteiger partial charge is 0.232 e. The number of thiazole rings is 1. The van der Waals surface area contributed by atoms with Crippen molar-refractivity contribution in [3.05, 3.63) is 16.1 Å². The number of ether oxygens (including phenoxy) is 1. The molecule has 1 aromatic rings. The standard InChI is InChI=1S/C17H25N3O3S2/c1-13-18-14(10-25-13)9-20-12-17(23-8-3-15(20)21)4-6-19(7-5-17)16(22)11-24-2/h10H,3-9,11-12H2,1-2H3. The molecule has 0 N–H and O–H groups in total. The van der Waals surface area contributed by atoms with Crippen LogP contribution < -0.4 is 0 Å². The average molecular weight is 384 g/mol. The maximum absolute atomic E-state index is 12.5. The molecule has 0 unspecified atom stereocenters. The molecule has 0 aromatic carbocycles. The first kappa shape index (κ1) is 18.7. The number of thioether (sulfide) groups is 1. The molecule has 2 aliphatic heterocycles. The summed E-state index contributed by atoms with van der Waals surface area (Å²) < 4.78 is 6.14. The van der Waals surface area contributed by atoms with E-state index >= 15 is 0 Å². The quantitative estimate of drug-likeness (QED) is 0.795. The summed E-state index contributed by atoms with van der Waals surface area (Å²) in [6.07, 6.45) is 3.93. The summed E-state index contributed by atoms with van der Waals surface area (Å²) in [5, 5.41) is 3.04. The van der Waals surface area contributed by atoms with Gasteiger partial charge >= 0.3 is 0 Å². The number of carbonyl (C=O) groups excluding carboxylic acids is 2. The first-order chi connectivity index (χ1) is 12.0. The second-order valence-electron chi connectivity index (χ2n) is 6.70. The lowest BCUT2D eigenvalue weighted by Crippen LogP contribution is -2.53. The van der Waals surface area contributed by atoms with E-state index < -0.39 is 0 Å². The molecule has 0 bridgehead atoms. The molecule has 25 heavy (non-hydrogen) atoms. The van der Waals surface area contributed by atoms with Crippen LogP contribution in [-0.2, 0) is 20.9 Å². The largest absolute Gasteiger partial charge is 0.372 e. The third-order valence-corrected chi connectivity index (χ3v) is 6.23. The van der Waals surface area contributed by atoms with Crippen LogP contribution in [-0.4, -0.2) is 70.4 Å². The van der Waals surface area contributed by atoms with E-state index in [0.717, 1.165) is 23.5 Å². The minimum Gasteiger partial charge on any atom is -0.372 e. The lowest BCUT2D eigenvalue weighted by atomic mass is 9.90. The molecule has 2 amide bonds. The van der Waals surface area contributed by atoms with Crippen molar-refractivity contribution in [2.75, 3.05) is 38.2 Å². The molecule has 3 heterocycles. The molecule has 1 aromatic heterocycles. The number of piperidine rings is 1. The van der Waals surface area contributed by atoms with Crippen molar-refractivity contribution in [1.82, 2.24) is 14.8 Å². The zero-order chi connectivity index (χ0) is 17.9. The fourth-order valence-electron chi connectivity index (χ4n) is 3.50. The Balaban J connectivity index is 1.65. The Labute approximate surface area is 156 Å². The topological polar surface area (TPSA) is 62.7 Å². The Morgan fingerprint density at radius 2 is 2.20 bits per heavy atom. The van der Waals surface area contributed by atoms with Gasteiger partial charge in [-0.1, -0.05) is 0 Å². The van der Waals surface area contributed by atoms with E-state index in [0.29, 0.717) is 45.0 Å². The van der Waals surface area contributed by atoms with E-state index in [1.807, 2.05) is 28.4 Å². The van der Waals surface area contributed by atoms with E-state index in [-0.39, 0.29) is 17.4 Å². The van der Waals surface area contributed by atoms with Gasteiger partial charge in [0.15, 0.2) is 0 Å². The number of aryl methyl sites for hydroxylation is 1. The van der Waals surface area contributed by atoms with Gasteiger partial charge in [0.1, 0.15) is 0 Å². The van der Waals surface area contributed by atoms with Gasteiger partial charge in [0.25, 0.3) is 0 Å². The van der Waals surface area contributed by atoms with Gasteiger partial charge in [-0.3, -0.25) is 9.59 Å². The molecule has 2 fully saturated rings. The first-order valence-electron chi connectivity index (χ1n) is 8.61. The van der Waals surface area contributed by atoms with Gasteiger partial charge in [-0.05, 0) is 26.0 Å². The number of amides is 2. The monoisotopic (exact) mass is 383 g/mol. The third kappa shape index (κ3) is 4.54. The summed E-state index contributed by atoms with van der Waals surface area (Å²) in [6.45, 7) is 4.99. The summed E-state index contributed by atoms with van der Waals surface area (Å²) in [4.78, 5) is 32.9. The summed E-state index contributed by atoms with van der Waals surface area (Å²) >= 11 is 3.16. The number of hydrogen-bond donors (Lipinski definition) is 0. The molecular formula is C17H25N3O3S2. The molecule has 0 aliphatic carbocycles. The van der Waals surface area contributed by atoms with Crippen molar-refractivity contribution in [2.45, 2.75) is 38.3 Å². The van der Waals surface area contributed by atoms with Crippen molar-refractivity contribution in [3.63, 3.8) is 0 Å². The molecular weight excluding hydrogens is 358 g/mol. The lowest BCUT2D eigenvalue weighted by Gasteiger charge is -2.42. The van der Waals surface area contributed by atoms with Crippen LogP contribution in [0.15, 0.2) is 5.38 Å². The van der Waals surface area contributed by atoms with Gasteiger partial charge < -0.3 is 14.5 Å². The average Bonchev–Trinajstić information content (AvgIpc) is 2.93. The van der Waals surface area contributed by atoms with Crippen LogP contribution in [0.5, 0.6) is 0 Å². The van der Waals surface area contributed by atoms with Crippen molar-refractivity contribution < 1.29 is 14.3 Å². The van der Waals surface area contributed by atoms with Crippen LogP contribution in [0.1, 0.15) is 30.0 Å². The van der Waals surface area contributed by atoms with Gasteiger partial charge in [-0.15, -0.1) is 11.3 Å². The molecule has 138 valence electrons. The van der Waals surface area contributed by atoms with Gasteiger partial charge in [-0.2, -0.15) is 11.8 Å². The number of hydrogen-bond acceptors (Lipinski definition) is 6. The van der Waals surface area contributed by atoms with Gasteiger partial charge in [-0.25, -0.2) is 4.98 Å². The van der Waals surface area contributed by atoms with E-state index in [1.165, 1.54) is 0 Å². The van der Waals surface area contributed by atoms with Crippen LogP contribution in [0.2, 0.25) is 0 Å². The SMILES string of the molecule is CSCC(=O)N1CCC2(CC1)CN(Cc1csc(C)n1)C(=O)CCO2. The highest BCUT2D eigenvalue weighted by atomic mass is 32.2. The van der Waals surface area contributed by atoms with Crippen LogP contribution in [0.4, 0.5) is 0 Å². The summed E-state index contributed by atoms with van der Waals surface area (Å²) in [5.41, 5.74) is 0.619. The molecule has 8 heteroatoms. The van der Waals surface area contributed by atoms with Gasteiger partial charge in [0.05, 0.1) is 48.2 Å². The highest BCUT2D eigenvalue weighted by molar-refractivity contribution is 7.99. The maximum Gasteiger partial charge on any atom is 0.232 e. The minimum atomic E-state index is -0.326. The van der Waals surface area contributed by atoms with E-state index in [2.05, 4.69) is 4.98 Å². The molecule has 0 radical (unpaired) electrons. The number of likely N-dealkylation sites (tertiary alicyclic amines) is 1. The zero-order valence-corrected chi connectivity index (χ0v) is 16.5. The first-order valence-corrected chi connectivity index (χ1v) is 10.9. The molecule has 6 nitrogen and oxygen atoms in total. The number of rotatable bonds is 4. The van der Waals surface area contributed by atoms with Crippen LogP contribution >= 0.6 is 23.1 Å². The van der Waals surface area contributed by atoms with Crippen LogP contribution in [0.3, 0.4) is 0 Å². The summed E-state index contributed by atoms with van der Waals surface area (Å²) in [6, 6.07) is 0. The van der Waals surface area contributed by atoms with E-state index in [9.17, 15) is 9.59 Å². The number of aromatic nitrogens is 1. The Kier molecular flexibility index (Phi) is 6.01. The Bertz CT molecular complexity index is 626. The Morgan fingerprint density at radius 3 is 2.84 bits per heavy atom.